The van der Waals surface area contributed by atoms with E-state index in [0.29, 0.717) is 135 Å². The van der Waals surface area contributed by atoms with E-state index < -0.39 is 6.61 Å². The molecule has 1 amide bonds. The number of amides is 1. The van der Waals surface area contributed by atoms with Crippen molar-refractivity contribution >= 4 is 152 Å². The summed E-state index contributed by atoms with van der Waals surface area (Å²) in [5.41, 5.74) is 50.1. The SMILES string of the molecule is COc1cccc(-n2ncc3c(N)ncnc32)c1.Nc1ncnc2c1cnn2-c1ccc(=O)[nH]n1.Nc1ncnc2c1cnn2-c1ccc(Cl)cc1.Nc1ncnc2c1cnn2-c1ccc(NC(=O)c2ccsc2)cc1.Nc1ncnc2c1cnn2-c1cccc(F)c1.Nc1ncnc2c1cnn2-c1cccc(OC(F)F)c1.Nc1ncnc2c1cnn2-c1ccncc1. The molecule has 0 fully saturated rings. The van der Waals surface area contributed by atoms with Gasteiger partial charge < -0.3 is 54.9 Å². The Kier molecular flexibility index (Phi) is 24.6. The lowest BCUT2D eigenvalue weighted by Crippen LogP contribution is -2.10. The van der Waals surface area contributed by atoms with E-state index in [2.05, 4.69) is 131 Å². The molecular weight excluding hydrogens is 1710 g/mol. The highest BCUT2D eigenvalue weighted by atomic mass is 35.5. The Labute approximate surface area is 729 Å². The Balaban J connectivity index is 0.000000111. The first-order valence-corrected chi connectivity index (χ1v) is 38.8. The molecule has 5 aromatic carbocycles. The van der Waals surface area contributed by atoms with Crippen molar-refractivity contribution in [2.45, 2.75) is 6.61 Å². The number of hydrogen-bond acceptors (Lipinski definition) is 35. The number of nitrogens with two attached hydrogens (primary N) is 7. The zero-order valence-electron chi connectivity index (χ0n) is 66.4. The van der Waals surface area contributed by atoms with E-state index in [1.165, 1.54) is 106 Å². The van der Waals surface area contributed by atoms with E-state index in [4.69, 9.17) is 56.5 Å². The van der Waals surface area contributed by atoms with Crippen LogP contribution in [0.5, 0.6) is 11.5 Å². The van der Waals surface area contributed by atoms with Gasteiger partial charge in [0.25, 0.3) is 11.5 Å². The number of hydrogen-bond donors (Lipinski definition) is 9. The van der Waals surface area contributed by atoms with Crippen molar-refractivity contribution in [1.82, 2.24) is 153 Å². The average molecular weight is 1770 g/mol. The van der Waals surface area contributed by atoms with Crippen molar-refractivity contribution in [3.05, 3.63) is 289 Å². The highest BCUT2D eigenvalue weighted by Gasteiger charge is 2.18. The molecule has 0 atom stereocenters. The topological polar surface area (TPSA) is 594 Å². The van der Waals surface area contributed by atoms with E-state index in [-0.39, 0.29) is 23.0 Å². The number of carbonyl (C=O) groups excluding carboxylic acids is 1. The molecule has 0 saturated heterocycles. The van der Waals surface area contributed by atoms with Gasteiger partial charge in [0.1, 0.15) is 102 Å². The van der Waals surface area contributed by atoms with Gasteiger partial charge in [-0.05, 0) is 121 Å². The number of fused-ring (bicyclic) bond motifs is 7. The maximum Gasteiger partial charge on any atom is 0.387 e. The van der Waals surface area contributed by atoms with Gasteiger partial charge in [0.2, 0.25) is 0 Å². The zero-order valence-corrected chi connectivity index (χ0v) is 68.0. The number of alkyl halides is 2. The van der Waals surface area contributed by atoms with E-state index in [0.717, 1.165) is 44.7 Å². The van der Waals surface area contributed by atoms with Crippen molar-refractivity contribution in [3.8, 4) is 51.4 Å². The van der Waals surface area contributed by atoms with Crippen molar-refractivity contribution in [1.29, 1.82) is 0 Å². The van der Waals surface area contributed by atoms with Crippen molar-refractivity contribution < 1.29 is 27.4 Å². The number of carbonyl (C=O) groups is 1. The smallest absolute Gasteiger partial charge is 0.387 e. The molecule has 0 aliphatic rings. The number of aromatic nitrogens is 31. The van der Waals surface area contributed by atoms with Crippen LogP contribution in [0.25, 0.3) is 117 Å². The lowest BCUT2D eigenvalue weighted by atomic mass is 10.2. The summed E-state index contributed by atoms with van der Waals surface area (Å²) >= 11 is 7.33. The number of thiophene rings is 1. The molecule has 43 nitrogen and oxygen atoms in total. The van der Waals surface area contributed by atoms with E-state index in [1.807, 2.05) is 83.6 Å². The first-order chi connectivity index (χ1) is 62.8. The van der Waals surface area contributed by atoms with Gasteiger partial charge in [0.05, 0.1) is 128 Å². The first-order valence-electron chi connectivity index (χ1n) is 37.5. The van der Waals surface area contributed by atoms with Crippen LogP contribution in [0.4, 0.5) is 59.6 Å². The molecular formula is C81H63ClF3N39O4S. The minimum atomic E-state index is -2.88. The molecule has 16 N–H and O–H groups in total. The van der Waals surface area contributed by atoms with Gasteiger partial charge in [-0.25, -0.2) is 107 Å². The summed E-state index contributed by atoms with van der Waals surface area (Å²) in [6.07, 6.45) is 24.3. The predicted octanol–water partition coefficient (Wildman–Crippen LogP) is 9.98. The number of methoxy groups -OCH3 is 1. The Hall–Kier alpha value is -18.6. The third kappa shape index (κ3) is 18.8. The van der Waals surface area contributed by atoms with Crippen LogP contribution in [-0.2, 0) is 0 Å². The summed E-state index contributed by atoms with van der Waals surface area (Å²) in [6.45, 7) is -2.88. The number of ether oxygens (including phenoxy) is 2. The first kappa shape index (κ1) is 84.1. The highest BCUT2D eigenvalue weighted by Crippen LogP contribution is 2.29. The van der Waals surface area contributed by atoms with E-state index >= 15 is 0 Å². The van der Waals surface area contributed by atoms with Crippen LogP contribution >= 0.6 is 22.9 Å². The van der Waals surface area contributed by atoms with Crippen LogP contribution in [0.3, 0.4) is 0 Å². The largest absolute Gasteiger partial charge is 0.497 e. The van der Waals surface area contributed by atoms with Crippen molar-refractivity contribution in [2.24, 2.45) is 0 Å². The summed E-state index contributed by atoms with van der Waals surface area (Å²) in [7, 11) is 1.63. The van der Waals surface area contributed by atoms with Crippen LogP contribution in [-0.4, -0.2) is 173 Å². The zero-order chi connectivity index (χ0) is 89.6. The monoisotopic (exact) mass is 1770 g/mol. The van der Waals surface area contributed by atoms with Gasteiger partial charge in [-0.2, -0.15) is 65.6 Å². The number of H-pyrrole nitrogens is 1. The molecule has 0 saturated carbocycles. The Bertz CT molecular complexity index is 7750. The Morgan fingerprint density at radius 3 is 1.12 bits per heavy atom. The molecule has 0 spiro atoms. The highest BCUT2D eigenvalue weighted by molar-refractivity contribution is 7.08. The predicted molar refractivity (Wildman–Crippen MR) is 474 cm³/mol. The van der Waals surface area contributed by atoms with Gasteiger partial charge >= 0.3 is 6.61 Å². The molecule has 17 aromatic heterocycles. The lowest BCUT2D eigenvalue weighted by molar-refractivity contribution is -0.0498. The van der Waals surface area contributed by atoms with E-state index in [1.54, 1.807) is 124 Å². The number of aromatic amines is 1. The van der Waals surface area contributed by atoms with Gasteiger partial charge in [-0.1, -0.05) is 29.8 Å². The molecule has 48 heteroatoms. The maximum atomic E-state index is 13.1. The second-order valence-electron chi connectivity index (χ2n) is 26.4. The number of rotatable bonds is 12. The number of halogens is 4. The third-order valence-electron chi connectivity index (χ3n) is 18.4. The molecule has 640 valence electrons. The number of nitrogen functional groups attached to an aromatic ring is 7. The lowest BCUT2D eigenvalue weighted by Gasteiger charge is -2.07. The summed E-state index contributed by atoms with van der Waals surface area (Å²) < 4.78 is 58.4. The maximum absolute atomic E-state index is 13.1. The quantitative estimate of drug-likeness (QED) is 0.0549. The third-order valence-corrected chi connectivity index (χ3v) is 19.4. The normalized spacial score (nSPS) is 10.9. The van der Waals surface area contributed by atoms with Crippen LogP contribution in [0, 0.1) is 5.82 Å². The number of benzene rings is 5. The molecule has 129 heavy (non-hydrogen) atoms. The summed E-state index contributed by atoms with van der Waals surface area (Å²) in [5, 5.41) is 47.7. The van der Waals surface area contributed by atoms with Crippen LogP contribution in [0.15, 0.2) is 267 Å². The fourth-order valence-corrected chi connectivity index (χ4v) is 13.0. The van der Waals surface area contributed by atoms with Crippen molar-refractivity contribution in [2.75, 3.05) is 52.6 Å². The fraction of sp³-hybridized carbons (Fsp3) is 0.0247. The minimum absolute atomic E-state index is 0.0446. The number of pyridine rings is 1. The minimum Gasteiger partial charge on any atom is -0.497 e. The molecule has 22 rings (SSSR count). The molecule has 22 aromatic rings. The van der Waals surface area contributed by atoms with Crippen LogP contribution in [0.1, 0.15) is 10.4 Å². The van der Waals surface area contributed by atoms with E-state index in [9.17, 15) is 22.8 Å². The van der Waals surface area contributed by atoms with Crippen LogP contribution < -0.4 is 60.5 Å². The summed E-state index contributed by atoms with van der Waals surface area (Å²) in [5.74, 6) is 3.51. The summed E-state index contributed by atoms with van der Waals surface area (Å²) in [4.78, 5) is 83.3. The number of anilines is 8. The van der Waals surface area contributed by atoms with Crippen molar-refractivity contribution in [3.63, 3.8) is 0 Å². The molecule has 0 aliphatic carbocycles. The Morgan fingerprint density at radius 2 is 0.760 bits per heavy atom. The second-order valence-corrected chi connectivity index (χ2v) is 27.6. The van der Waals surface area contributed by atoms with Gasteiger partial charge in [0.15, 0.2) is 45.3 Å². The molecule has 0 unspecified atom stereocenters. The average Bonchev–Trinajstić information content (AvgIpc) is 1.69. The second kappa shape index (κ2) is 37.8. The fourth-order valence-electron chi connectivity index (χ4n) is 12.3. The van der Waals surface area contributed by atoms with Gasteiger partial charge in [-0.15, -0.1) is 0 Å². The number of nitrogens with one attached hydrogen (secondary N) is 2. The molecule has 17 heterocycles. The van der Waals surface area contributed by atoms with Gasteiger partial charge in [0, 0.05) is 46.7 Å². The summed E-state index contributed by atoms with van der Waals surface area (Å²) in [6, 6.07) is 42.9. The molecule has 0 radical (unpaired) electrons. The molecule has 0 aliphatic heterocycles. The Morgan fingerprint density at radius 1 is 0.411 bits per heavy atom. The van der Waals surface area contributed by atoms with Crippen LogP contribution in [0.2, 0.25) is 5.02 Å². The standard InChI is InChI=1S/C16H12N6OS.C12H9F2N5O.C12H11N5O.C11H8ClN5.C11H8FN5.C10H8N6.C9H7N7O/c17-14-13-7-20-22(15(13)19-9-18-14)12-3-1-11(2-4-12)21-16(23)10-5-6-24-8-10;13-12(14)20-8-3-1-2-7(4-8)19-11-9(5-18-19)10(15)16-6-17-11;1-18-9-4-2-3-8(5-9)17-12-10(6-16-17)11(13)14-7-15-12;12-7-1-3-8(4-2-7)17-11-9(5-16-17)10(13)14-6-15-11;12-7-2-1-3-8(4-7)17-11-9(5-16-17)10(13)14-6-15-11;11-9-8-5-15-16(10(8)14-6-13-9)7-1-3-12-4-2-7;10-8-5-3-13-16(9(5)12-4-11-8)6-1-2-7(17)15-14-6/h1-9H,(H,21,23)(H2,17,18,19);1-6,12H,(H2,15,16,17);2-7H,1H3,(H2,13,14,15);2*1-6H,(H2,13,14,15);1-6H,(H2,11,13,14);1-4H,(H,15,17)(H2,10,11,12). The van der Waals surface area contributed by atoms with Gasteiger partial charge in [-0.3, -0.25) is 14.6 Å². The number of nitrogens with zero attached hydrogens (tertiary/aromatic N) is 30. The molecule has 0 bridgehead atoms.